The Labute approximate surface area is 42.2 Å². The molecule has 0 bridgehead atoms. The minimum Gasteiger partial charge on any atom is -0.395 e. The quantitative estimate of drug-likeness (QED) is 0.291. The van der Waals surface area contributed by atoms with Gasteiger partial charge in [-0.15, -0.1) is 0 Å². The highest BCUT2D eigenvalue weighted by Crippen LogP contribution is 1.76. The van der Waals surface area contributed by atoms with Crippen molar-refractivity contribution in [2.24, 2.45) is 5.16 Å². The first-order valence-corrected chi connectivity index (χ1v) is 1.81. The predicted octanol–water partition coefficient (Wildman–Crippen LogP) is 0.409. The second-order valence-corrected chi connectivity index (χ2v) is 0.847. The third-order valence-corrected chi connectivity index (χ3v) is 0.380. The molecule has 7 heavy (non-hydrogen) atoms. The molecule has 3 nitrogen and oxygen atoms in total. The van der Waals surface area contributed by atoms with Gasteiger partial charge in [-0.2, -0.15) is 5.26 Å². The van der Waals surface area contributed by atoms with Crippen LogP contribution in [0.5, 0.6) is 0 Å². The van der Waals surface area contributed by atoms with Crippen LogP contribution in [0, 0.1) is 11.3 Å². The van der Waals surface area contributed by atoms with Gasteiger partial charge in [-0.3, -0.25) is 0 Å². The molecule has 0 heterocycles. The van der Waals surface area contributed by atoms with Gasteiger partial charge in [-0.05, 0) is 0 Å². The summed E-state index contributed by atoms with van der Waals surface area (Å²) in [5.41, 5.74) is 0. The van der Waals surface area contributed by atoms with Crippen LogP contribution in [0.25, 0.3) is 0 Å². The highest BCUT2D eigenvalue weighted by Gasteiger charge is 1.76. The Kier molecular flexibility index (Phi) is 4.22. The maximum absolute atomic E-state index is 7.88. The first kappa shape index (κ1) is 5.96. The summed E-state index contributed by atoms with van der Waals surface area (Å²) in [6.45, 7) is 4.85. The van der Waals surface area contributed by atoms with Crippen molar-refractivity contribution >= 4 is 6.72 Å². The predicted molar refractivity (Wildman–Crippen MR) is 24.7 cm³/mol. The van der Waals surface area contributed by atoms with Crippen molar-refractivity contribution in [3.8, 4) is 6.07 Å². The number of hydrogen-bond acceptors (Lipinski definition) is 3. The first-order valence-electron chi connectivity index (χ1n) is 1.81. The zero-order valence-corrected chi connectivity index (χ0v) is 3.79. The van der Waals surface area contributed by atoms with Crippen molar-refractivity contribution in [3.05, 3.63) is 0 Å². The van der Waals surface area contributed by atoms with Gasteiger partial charge in [0, 0.05) is 0 Å². The van der Waals surface area contributed by atoms with Crippen molar-refractivity contribution in [2.45, 2.75) is 6.42 Å². The van der Waals surface area contributed by atoms with E-state index in [1.54, 1.807) is 0 Å². The van der Waals surface area contributed by atoms with E-state index in [1.807, 2.05) is 6.07 Å². The summed E-state index contributed by atoms with van der Waals surface area (Å²) in [5.74, 6) is 0. The lowest BCUT2D eigenvalue weighted by molar-refractivity contribution is 0.153. The lowest BCUT2D eigenvalue weighted by atomic mass is 10.5. The van der Waals surface area contributed by atoms with E-state index in [2.05, 4.69) is 16.7 Å². The lowest BCUT2D eigenvalue weighted by Gasteiger charge is -1.86. The normalized spacial score (nSPS) is 6.71. The molecular formula is C4H5N2O. The molecule has 37 valence electrons. The molecule has 0 N–H and O–H groups in total. The van der Waals surface area contributed by atoms with Gasteiger partial charge in [-0.1, -0.05) is 5.16 Å². The van der Waals surface area contributed by atoms with Crippen LogP contribution < -0.4 is 0 Å². The second-order valence-electron chi connectivity index (χ2n) is 0.847. The topological polar surface area (TPSA) is 45.4 Å². The monoisotopic (exact) mass is 97.0 g/mol. The Balaban J connectivity index is 2.72. The molecule has 0 saturated heterocycles. The molecule has 0 unspecified atom stereocenters. The van der Waals surface area contributed by atoms with Gasteiger partial charge in [0.1, 0.15) is 6.61 Å². The molecule has 0 fully saturated rings. The van der Waals surface area contributed by atoms with Crippen LogP contribution in [0.3, 0.4) is 0 Å². The molecule has 0 saturated carbocycles. The van der Waals surface area contributed by atoms with Crippen molar-refractivity contribution < 1.29 is 4.84 Å². The van der Waals surface area contributed by atoms with Gasteiger partial charge in [0.2, 0.25) is 0 Å². The van der Waals surface area contributed by atoms with Crippen LogP contribution in [-0.2, 0) is 4.84 Å². The molecule has 0 atom stereocenters. The summed E-state index contributed by atoms with van der Waals surface area (Å²) in [7, 11) is 0. The van der Waals surface area contributed by atoms with Crippen LogP contribution in [0.15, 0.2) is 5.16 Å². The third-order valence-electron chi connectivity index (χ3n) is 0.380. The molecule has 0 aromatic heterocycles. The second kappa shape index (κ2) is 4.96. The summed E-state index contributed by atoms with van der Waals surface area (Å²) in [5, 5.41) is 10.7. The standard InChI is InChI=1S/C4H5N2O/c1-6-7-4-2-3-5/h1H,2,4H2. The molecule has 0 aliphatic heterocycles. The summed E-state index contributed by atoms with van der Waals surface area (Å²) >= 11 is 0. The van der Waals surface area contributed by atoms with Gasteiger partial charge in [-0.25, -0.2) is 0 Å². The van der Waals surface area contributed by atoms with E-state index >= 15 is 0 Å². The highest BCUT2D eigenvalue weighted by atomic mass is 16.6. The summed E-state index contributed by atoms with van der Waals surface area (Å²) < 4.78 is 0. The molecular weight excluding hydrogens is 92.1 g/mol. The molecule has 0 aromatic rings. The average molecular weight is 97.1 g/mol. The van der Waals surface area contributed by atoms with Crippen LogP contribution in [0.4, 0.5) is 0 Å². The first-order chi connectivity index (χ1) is 3.41. The maximum atomic E-state index is 7.88. The molecule has 0 amide bonds. The molecule has 0 spiro atoms. The van der Waals surface area contributed by atoms with Gasteiger partial charge < -0.3 is 4.84 Å². The summed E-state index contributed by atoms with van der Waals surface area (Å²) in [4.78, 5) is 4.25. The Morgan fingerprint density at radius 2 is 2.57 bits per heavy atom. The van der Waals surface area contributed by atoms with Gasteiger partial charge in [0.25, 0.3) is 0 Å². The fraction of sp³-hybridized carbons (Fsp3) is 0.500. The Bertz CT molecular complexity index is 84.2. The van der Waals surface area contributed by atoms with E-state index in [-0.39, 0.29) is 6.61 Å². The van der Waals surface area contributed by atoms with E-state index in [9.17, 15) is 0 Å². The van der Waals surface area contributed by atoms with Crippen LogP contribution in [-0.4, -0.2) is 13.3 Å². The number of rotatable bonds is 3. The van der Waals surface area contributed by atoms with Crippen molar-refractivity contribution in [1.82, 2.24) is 0 Å². The van der Waals surface area contributed by atoms with Gasteiger partial charge in [0.15, 0.2) is 0 Å². The van der Waals surface area contributed by atoms with Crippen LogP contribution in [0.2, 0.25) is 0 Å². The van der Waals surface area contributed by atoms with E-state index < -0.39 is 0 Å². The van der Waals surface area contributed by atoms with Crippen molar-refractivity contribution in [3.63, 3.8) is 0 Å². The summed E-state index contributed by atoms with van der Waals surface area (Å²) in [6.07, 6.45) is 0.334. The molecule has 1 radical (unpaired) electrons. The molecule has 0 aliphatic carbocycles. The average Bonchev–Trinajstić information content (AvgIpc) is 1.69. The number of nitriles is 1. The largest absolute Gasteiger partial charge is 0.395 e. The summed E-state index contributed by atoms with van der Waals surface area (Å²) in [6, 6.07) is 1.86. The van der Waals surface area contributed by atoms with E-state index in [1.165, 1.54) is 0 Å². The van der Waals surface area contributed by atoms with E-state index in [0.717, 1.165) is 0 Å². The van der Waals surface area contributed by atoms with Crippen LogP contribution >= 0.6 is 0 Å². The molecule has 0 aliphatic rings. The number of nitrogens with zero attached hydrogens (tertiary/aromatic N) is 2. The molecule has 0 rings (SSSR count). The maximum Gasteiger partial charge on any atom is 0.130 e. The Morgan fingerprint density at radius 1 is 1.86 bits per heavy atom. The zero-order chi connectivity index (χ0) is 5.54. The fourth-order valence-electron chi connectivity index (χ4n) is 0.144. The van der Waals surface area contributed by atoms with Gasteiger partial charge in [0.05, 0.1) is 19.2 Å². The van der Waals surface area contributed by atoms with Gasteiger partial charge >= 0.3 is 0 Å². The Morgan fingerprint density at radius 3 is 3.00 bits per heavy atom. The lowest BCUT2D eigenvalue weighted by Crippen LogP contribution is -1.81. The van der Waals surface area contributed by atoms with Crippen molar-refractivity contribution in [2.75, 3.05) is 6.61 Å². The van der Waals surface area contributed by atoms with Crippen LogP contribution in [0.1, 0.15) is 6.42 Å². The fourth-order valence-corrected chi connectivity index (χ4v) is 0.144. The zero-order valence-electron chi connectivity index (χ0n) is 3.79. The van der Waals surface area contributed by atoms with E-state index in [4.69, 9.17) is 5.26 Å². The molecule has 0 aromatic carbocycles. The Hall–Kier alpha value is -1.04. The minimum absolute atomic E-state index is 0.285. The van der Waals surface area contributed by atoms with E-state index in [0.29, 0.717) is 6.42 Å². The minimum atomic E-state index is 0.285. The smallest absolute Gasteiger partial charge is 0.130 e. The van der Waals surface area contributed by atoms with Crippen molar-refractivity contribution in [1.29, 1.82) is 5.26 Å². The molecule has 3 heteroatoms. The highest BCUT2D eigenvalue weighted by molar-refractivity contribution is 5.21. The SMILES string of the molecule is [CH]=NOCCC#N. The number of hydrogen-bond donors (Lipinski definition) is 0. The third kappa shape index (κ3) is 4.96.